The molecule has 96 valence electrons. The van der Waals surface area contributed by atoms with Gasteiger partial charge in [0.2, 0.25) is 0 Å². The van der Waals surface area contributed by atoms with E-state index in [0.29, 0.717) is 12.2 Å². The van der Waals surface area contributed by atoms with Crippen LogP contribution in [0.15, 0.2) is 42.7 Å². The predicted molar refractivity (Wildman–Crippen MR) is 76.7 cm³/mol. The molecule has 0 fully saturated rings. The van der Waals surface area contributed by atoms with Crippen LogP contribution in [0.4, 0.5) is 11.4 Å². The molecular formula is C14H15N5. The highest BCUT2D eigenvalue weighted by molar-refractivity contribution is 5.96. The molecule has 0 spiro atoms. The number of benzene rings is 1. The standard InChI is InChI=1S/C14H15N5/c1-19-7-6-10(18-19)8-17-14-11-4-2-3-5-13(11)16-9-12(14)15/h2-7,9H,8,15H2,1H3,(H,16,17). The van der Waals surface area contributed by atoms with Gasteiger partial charge in [0, 0.05) is 18.6 Å². The Hall–Kier alpha value is -2.56. The summed E-state index contributed by atoms with van der Waals surface area (Å²) in [6, 6.07) is 9.91. The molecule has 3 rings (SSSR count). The van der Waals surface area contributed by atoms with Gasteiger partial charge < -0.3 is 11.1 Å². The topological polar surface area (TPSA) is 68.8 Å². The quantitative estimate of drug-likeness (QED) is 0.750. The van der Waals surface area contributed by atoms with E-state index in [4.69, 9.17) is 5.73 Å². The van der Waals surface area contributed by atoms with E-state index in [2.05, 4.69) is 15.4 Å². The zero-order valence-corrected chi connectivity index (χ0v) is 10.7. The second kappa shape index (κ2) is 4.61. The van der Waals surface area contributed by atoms with Crippen LogP contribution in [0.25, 0.3) is 10.9 Å². The molecule has 0 aliphatic heterocycles. The summed E-state index contributed by atoms with van der Waals surface area (Å²) in [5.74, 6) is 0. The van der Waals surface area contributed by atoms with Gasteiger partial charge in [0.15, 0.2) is 0 Å². The Morgan fingerprint density at radius 2 is 2.11 bits per heavy atom. The third-order valence-corrected chi connectivity index (χ3v) is 3.02. The zero-order valence-electron chi connectivity index (χ0n) is 10.7. The average molecular weight is 253 g/mol. The number of pyridine rings is 1. The van der Waals surface area contributed by atoms with Gasteiger partial charge in [-0.3, -0.25) is 9.67 Å². The van der Waals surface area contributed by atoms with Gasteiger partial charge in [-0.05, 0) is 12.1 Å². The zero-order chi connectivity index (χ0) is 13.2. The minimum atomic E-state index is 0.638. The minimum Gasteiger partial charge on any atom is -0.396 e. The summed E-state index contributed by atoms with van der Waals surface area (Å²) in [5, 5.41) is 8.70. The Morgan fingerprint density at radius 3 is 2.89 bits per heavy atom. The molecule has 0 radical (unpaired) electrons. The molecule has 0 bridgehead atoms. The number of nitrogens with two attached hydrogens (primary N) is 1. The van der Waals surface area contributed by atoms with Gasteiger partial charge >= 0.3 is 0 Å². The lowest BCUT2D eigenvalue weighted by molar-refractivity contribution is 0.747. The number of fused-ring (bicyclic) bond motifs is 1. The largest absolute Gasteiger partial charge is 0.396 e. The van der Waals surface area contributed by atoms with E-state index >= 15 is 0 Å². The second-order valence-electron chi connectivity index (χ2n) is 4.44. The van der Waals surface area contributed by atoms with E-state index in [1.165, 1.54) is 0 Å². The Morgan fingerprint density at radius 1 is 1.26 bits per heavy atom. The number of nitrogens with one attached hydrogen (secondary N) is 1. The molecule has 5 heteroatoms. The van der Waals surface area contributed by atoms with Crippen molar-refractivity contribution in [2.24, 2.45) is 7.05 Å². The first-order valence-electron chi connectivity index (χ1n) is 6.09. The molecule has 0 aliphatic rings. The number of rotatable bonds is 3. The van der Waals surface area contributed by atoms with Crippen molar-refractivity contribution in [3.8, 4) is 0 Å². The van der Waals surface area contributed by atoms with Crippen molar-refractivity contribution in [2.45, 2.75) is 6.54 Å². The van der Waals surface area contributed by atoms with Crippen LogP contribution in [-0.2, 0) is 13.6 Å². The van der Waals surface area contributed by atoms with Gasteiger partial charge in [-0.15, -0.1) is 0 Å². The summed E-state index contributed by atoms with van der Waals surface area (Å²) >= 11 is 0. The van der Waals surface area contributed by atoms with Gasteiger partial charge in [-0.25, -0.2) is 0 Å². The Kier molecular flexibility index (Phi) is 2.79. The van der Waals surface area contributed by atoms with Crippen LogP contribution in [0.3, 0.4) is 0 Å². The van der Waals surface area contributed by atoms with Crippen LogP contribution >= 0.6 is 0 Å². The average Bonchev–Trinajstić information content (AvgIpc) is 2.83. The summed E-state index contributed by atoms with van der Waals surface area (Å²) in [7, 11) is 1.90. The maximum absolute atomic E-state index is 6.01. The number of para-hydroxylation sites is 1. The third kappa shape index (κ3) is 2.22. The van der Waals surface area contributed by atoms with Crippen molar-refractivity contribution in [1.29, 1.82) is 0 Å². The second-order valence-corrected chi connectivity index (χ2v) is 4.44. The van der Waals surface area contributed by atoms with Crippen LogP contribution in [0.1, 0.15) is 5.69 Å². The fraction of sp³-hybridized carbons (Fsp3) is 0.143. The van der Waals surface area contributed by atoms with E-state index in [9.17, 15) is 0 Å². The maximum atomic E-state index is 6.01. The highest BCUT2D eigenvalue weighted by atomic mass is 15.3. The number of nitrogens with zero attached hydrogens (tertiary/aromatic N) is 3. The first-order valence-corrected chi connectivity index (χ1v) is 6.09. The molecule has 0 atom stereocenters. The lowest BCUT2D eigenvalue weighted by Gasteiger charge is -2.11. The molecule has 0 saturated heterocycles. The van der Waals surface area contributed by atoms with Crippen LogP contribution in [0.5, 0.6) is 0 Å². The van der Waals surface area contributed by atoms with Crippen molar-refractivity contribution in [1.82, 2.24) is 14.8 Å². The van der Waals surface area contributed by atoms with Crippen LogP contribution in [0.2, 0.25) is 0 Å². The third-order valence-electron chi connectivity index (χ3n) is 3.02. The highest BCUT2D eigenvalue weighted by Crippen LogP contribution is 2.27. The molecular weight excluding hydrogens is 238 g/mol. The fourth-order valence-corrected chi connectivity index (χ4v) is 2.09. The van der Waals surface area contributed by atoms with E-state index in [-0.39, 0.29) is 0 Å². The van der Waals surface area contributed by atoms with Gasteiger partial charge in [-0.1, -0.05) is 18.2 Å². The van der Waals surface area contributed by atoms with E-state index < -0.39 is 0 Å². The molecule has 5 nitrogen and oxygen atoms in total. The molecule has 0 unspecified atom stereocenters. The van der Waals surface area contributed by atoms with E-state index in [0.717, 1.165) is 22.3 Å². The summed E-state index contributed by atoms with van der Waals surface area (Å²) in [5.41, 5.74) is 9.47. The van der Waals surface area contributed by atoms with Crippen molar-refractivity contribution in [3.63, 3.8) is 0 Å². The molecule has 2 aromatic heterocycles. The number of aryl methyl sites for hydroxylation is 1. The summed E-state index contributed by atoms with van der Waals surface area (Å²) < 4.78 is 1.78. The molecule has 0 aliphatic carbocycles. The van der Waals surface area contributed by atoms with Gasteiger partial charge in [-0.2, -0.15) is 5.10 Å². The van der Waals surface area contributed by atoms with Crippen molar-refractivity contribution < 1.29 is 0 Å². The van der Waals surface area contributed by atoms with Crippen molar-refractivity contribution in [3.05, 3.63) is 48.4 Å². The van der Waals surface area contributed by atoms with Crippen LogP contribution in [-0.4, -0.2) is 14.8 Å². The SMILES string of the molecule is Cn1ccc(CNc2c(N)cnc3ccccc23)n1. The highest BCUT2D eigenvalue weighted by Gasteiger charge is 2.06. The molecule has 3 aromatic rings. The fourth-order valence-electron chi connectivity index (χ4n) is 2.09. The number of hydrogen-bond donors (Lipinski definition) is 2. The Bertz CT molecular complexity index is 717. The molecule has 2 heterocycles. The molecule has 19 heavy (non-hydrogen) atoms. The molecule has 3 N–H and O–H groups in total. The first-order chi connectivity index (χ1) is 9.24. The smallest absolute Gasteiger partial charge is 0.0815 e. The van der Waals surface area contributed by atoms with E-state index in [1.807, 2.05) is 43.6 Å². The summed E-state index contributed by atoms with van der Waals surface area (Å²) in [4.78, 5) is 4.32. The number of hydrogen-bond acceptors (Lipinski definition) is 4. The number of anilines is 2. The minimum absolute atomic E-state index is 0.638. The maximum Gasteiger partial charge on any atom is 0.0815 e. The van der Waals surface area contributed by atoms with Gasteiger partial charge in [0.25, 0.3) is 0 Å². The van der Waals surface area contributed by atoms with Crippen molar-refractivity contribution >= 4 is 22.3 Å². The normalized spacial score (nSPS) is 10.8. The van der Waals surface area contributed by atoms with Gasteiger partial charge in [0.05, 0.1) is 35.3 Å². The van der Waals surface area contributed by atoms with Crippen molar-refractivity contribution in [2.75, 3.05) is 11.1 Å². The predicted octanol–water partition coefficient (Wildman–Crippen LogP) is 2.16. The summed E-state index contributed by atoms with van der Waals surface area (Å²) in [6.07, 6.45) is 3.61. The molecule has 0 amide bonds. The van der Waals surface area contributed by atoms with Crippen LogP contribution in [0, 0.1) is 0 Å². The lowest BCUT2D eigenvalue weighted by atomic mass is 10.1. The number of aromatic nitrogens is 3. The molecule has 1 aromatic carbocycles. The Balaban J connectivity index is 1.93. The summed E-state index contributed by atoms with van der Waals surface area (Å²) in [6.45, 7) is 0.638. The molecule has 0 saturated carbocycles. The van der Waals surface area contributed by atoms with Gasteiger partial charge in [0.1, 0.15) is 0 Å². The first kappa shape index (κ1) is 11.5. The monoisotopic (exact) mass is 253 g/mol. The van der Waals surface area contributed by atoms with E-state index in [1.54, 1.807) is 10.9 Å². The lowest BCUT2D eigenvalue weighted by Crippen LogP contribution is -2.05. The number of nitrogen functional groups attached to an aromatic ring is 1. The van der Waals surface area contributed by atoms with Crippen LogP contribution < -0.4 is 11.1 Å². The Labute approximate surface area is 111 Å².